The number of carbonyl (C=O) groups is 1. The number of carbonyl (C=O) groups excluding carboxylic acids is 1. The molecule has 0 bridgehead atoms. The van der Waals surface area contributed by atoms with Crippen molar-refractivity contribution in [3.63, 3.8) is 0 Å². The molecule has 8 nitrogen and oxygen atoms in total. The van der Waals surface area contributed by atoms with Crippen molar-refractivity contribution in [2.75, 3.05) is 6.54 Å². The summed E-state index contributed by atoms with van der Waals surface area (Å²) in [5.74, 6) is 0.978. The van der Waals surface area contributed by atoms with Crippen molar-refractivity contribution < 1.29 is 4.79 Å². The summed E-state index contributed by atoms with van der Waals surface area (Å²) in [6.45, 7) is 4.21. The molecule has 3 aromatic rings. The molecule has 0 aromatic carbocycles. The molecule has 1 unspecified atom stereocenters. The van der Waals surface area contributed by atoms with E-state index >= 15 is 0 Å². The fraction of sp³-hybridized carbons (Fsp3) is 0.353. The summed E-state index contributed by atoms with van der Waals surface area (Å²) in [5.41, 5.74) is 1.01. The van der Waals surface area contributed by atoms with Crippen molar-refractivity contribution in [1.29, 1.82) is 0 Å². The lowest BCUT2D eigenvalue weighted by molar-refractivity contribution is 0.0727. The molecule has 1 fully saturated rings. The van der Waals surface area contributed by atoms with E-state index in [-0.39, 0.29) is 23.1 Å². The number of aromatic amines is 1. The van der Waals surface area contributed by atoms with Gasteiger partial charge in [0, 0.05) is 18.4 Å². The Morgan fingerprint density at radius 2 is 2.16 bits per heavy atom. The quantitative estimate of drug-likeness (QED) is 0.762. The minimum Gasteiger partial charge on any atom is -0.328 e. The maximum atomic E-state index is 13.0. The number of aromatic nitrogens is 5. The van der Waals surface area contributed by atoms with Gasteiger partial charge in [-0.15, -0.1) is 0 Å². The second kappa shape index (κ2) is 5.80. The van der Waals surface area contributed by atoms with Crippen molar-refractivity contribution in [2.24, 2.45) is 0 Å². The Bertz CT molecular complexity index is 1020. The van der Waals surface area contributed by atoms with Crippen LogP contribution in [0.5, 0.6) is 0 Å². The van der Waals surface area contributed by atoms with Gasteiger partial charge in [-0.2, -0.15) is 5.10 Å². The first-order valence-electron chi connectivity index (χ1n) is 8.23. The number of likely N-dealkylation sites (tertiary alicyclic amines) is 1. The maximum Gasteiger partial charge on any atom is 0.270 e. The van der Waals surface area contributed by atoms with Crippen molar-refractivity contribution in [2.45, 2.75) is 32.7 Å². The summed E-state index contributed by atoms with van der Waals surface area (Å²) in [4.78, 5) is 36.1. The molecule has 4 rings (SSSR count). The van der Waals surface area contributed by atoms with E-state index in [4.69, 9.17) is 0 Å². The van der Waals surface area contributed by atoms with E-state index in [1.54, 1.807) is 11.0 Å². The van der Waals surface area contributed by atoms with Crippen LogP contribution in [0.3, 0.4) is 0 Å². The van der Waals surface area contributed by atoms with E-state index in [9.17, 15) is 9.59 Å². The zero-order valence-corrected chi connectivity index (χ0v) is 14.1. The fourth-order valence-corrected chi connectivity index (χ4v) is 3.36. The van der Waals surface area contributed by atoms with Gasteiger partial charge in [0.1, 0.15) is 17.0 Å². The largest absolute Gasteiger partial charge is 0.328 e. The molecule has 0 saturated carbocycles. The minimum atomic E-state index is -0.343. The van der Waals surface area contributed by atoms with Crippen LogP contribution in [0.2, 0.25) is 0 Å². The molecule has 128 valence electrons. The number of nitrogens with one attached hydrogen (secondary N) is 1. The molecule has 0 radical (unpaired) electrons. The minimum absolute atomic E-state index is 0.0750. The number of pyridine rings is 1. The van der Waals surface area contributed by atoms with Crippen LogP contribution in [0.25, 0.3) is 5.65 Å². The van der Waals surface area contributed by atoms with Gasteiger partial charge in [0.2, 0.25) is 0 Å². The Balaban J connectivity index is 1.76. The van der Waals surface area contributed by atoms with Crippen molar-refractivity contribution in [3.8, 4) is 0 Å². The summed E-state index contributed by atoms with van der Waals surface area (Å²) < 4.78 is 1.47. The zero-order chi connectivity index (χ0) is 17.6. The molecular weight excluding hydrogens is 320 g/mol. The van der Waals surface area contributed by atoms with Crippen molar-refractivity contribution >= 4 is 11.6 Å². The maximum absolute atomic E-state index is 13.0. The standard InChI is InChI=1S/C17H18N6O2/c1-10-5-3-7-14-18-9-12(17(25)23(10)14)16(24)22-8-4-6-13(22)15-19-11(2)20-21-15/h3,5,7,9,13H,4,6,8H2,1-2H3,(H,19,20,21). The first-order valence-corrected chi connectivity index (χ1v) is 8.23. The predicted molar refractivity (Wildman–Crippen MR) is 90.3 cm³/mol. The highest BCUT2D eigenvalue weighted by Crippen LogP contribution is 2.30. The predicted octanol–water partition coefficient (Wildman–Crippen LogP) is 1.41. The SMILES string of the molecule is Cc1nc(C2CCCN2C(=O)c2cnc3cccc(C)n3c2=O)n[nH]1. The molecule has 1 atom stereocenters. The number of H-pyrrole nitrogens is 1. The summed E-state index contributed by atoms with van der Waals surface area (Å²) >= 11 is 0. The lowest BCUT2D eigenvalue weighted by Crippen LogP contribution is -2.36. The molecule has 1 saturated heterocycles. The van der Waals surface area contributed by atoms with Gasteiger partial charge >= 0.3 is 0 Å². The third kappa shape index (κ3) is 2.50. The molecule has 0 spiro atoms. The molecule has 8 heteroatoms. The highest BCUT2D eigenvalue weighted by molar-refractivity contribution is 5.94. The van der Waals surface area contributed by atoms with Crippen LogP contribution in [0.15, 0.2) is 29.2 Å². The number of hydrogen-bond donors (Lipinski definition) is 1. The topological polar surface area (TPSA) is 96.2 Å². The van der Waals surface area contributed by atoms with E-state index in [2.05, 4.69) is 20.2 Å². The number of hydrogen-bond acceptors (Lipinski definition) is 5. The van der Waals surface area contributed by atoms with Crippen LogP contribution >= 0.6 is 0 Å². The van der Waals surface area contributed by atoms with Crippen LogP contribution in [0, 0.1) is 13.8 Å². The van der Waals surface area contributed by atoms with Gasteiger partial charge in [-0.3, -0.25) is 19.1 Å². The average molecular weight is 338 g/mol. The van der Waals surface area contributed by atoms with Crippen LogP contribution < -0.4 is 5.56 Å². The molecule has 1 aliphatic heterocycles. The highest BCUT2D eigenvalue weighted by Gasteiger charge is 2.34. The first-order chi connectivity index (χ1) is 12.1. The third-order valence-corrected chi connectivity index (χ3v) is 4.58. The second-order valence-corrected chi connectivity index (χ2v) is 6.27. The molecule has 1 amide bonds. The Hall–Kier alpha value is -3.03. The Morgan fingerprint density at radius 1 is 1.32 bits per heavy atom. The van der Waals surface area contributed by atoms with Gasteiger partial charge in [-0.1, -0.05) is 6.07 Å². The smallest absolute Gasteiger partial charge is 0.270 e. The number of rotatable bonds is 2. The number of amides is 1. The lowest BCUT2D eigenvalue weighted by atomic mass is 10.2. The summed E-state index contributed by atoms with van der Waals surface area (Å²) in [5, 5.41) is 6.99. The molecule has 3 aromatic heterocycles. The molecular formula is C17H18N6O2. The van der Waals surface area contributed by atoms with Gasteiger partial charge in [-0.25, -0.2) is 9.97 Å². The summed E-state index contributed by atoms with van der Waals surface area (Å²) in [6, 6.07) is 5.19. The first kappa shape index (κ1) is 15.5. The third-order valence-electron chi connectivity index (χ3n) is 4.58. The summed E-state index contributed by atoms with van der Waals surface area (Å²) in [7, 11) is 0. The van der Waals surface area contributed by atoms with Gasteiger partial charge in [0.05, 0.1) is 6.04 Å². The molecule has 0 aliphatic carbocycles. The van der Waals surface area contributed by atoms with E-state index in [0.717, 1.165) is 18.5 Å². The van der Waals surface area contributed by atoms with E-state index < -0.39 is 0 Å². The normalized spacial score (nSPS) is 17.4. The van der Waals surface area contributed by atoms with Crippen LogP contribution in [-0.4, -0.2) is 41.9 Å². The Kier molecular flexibility index (Phi) is 3.60. The van der Waals surface area contributed by atoms with Crippen molar-refractivity contribution in [1.82, 2.24) is 29.5 Å². The average Bonchev–Trinajstić information content (AvgIpc) is 3.23. The lowest BCUT2D eigenvalue weighted by Gasteiger charge is -2.22. The van der Waals surface area contributed by atoms with Gasteiger partial charge in [-0.05, 0) is 38.8 Å². The fourth-order valence-electron chi connectivity index (χ4n) is 3.36. The van der Waals surface area contributed by atoms with E-state index in [1.165, 1.54) is 10.6 Å². The number of nitrogens with zero attached hydrogens (tertiary/aromatic N) is 5. The summed E-state index contributed by atoms with van der Waals surface area (Å²) in [6.07, 6.45) is 3.01. The van der Waals surface area contributed by atoms with Gasteiger partial charge in [0.25, 0.3) is 11.5 Å². The number of fused-ring (bicyclic) bond motifs is 1. The molecule has 1 aliphatic rings. The molecule has 25 heavy (non-hydrogen) atoms. The van der Waals surface area contributed by atoms with E-state index in [1.807, 2.05) is 26.0 Å². The zero-order valence-electron chi connectivity index (χ0n) is 14.1. The second-order valence-electron chi connectivity index (χ2n) is 6.27. The highest BCUT2D eigenvalue weighted by atomic mass is 16.2. The van der Waals surface area contributed by atoms with Gasteiger partial charge < -0.3 is 4.90 Å². The van der Waals surface area contributed by atoms with Crippen LogP contribution in [-0.2, 0) is 0 Å². The van der Waals surface area contributed by atoms with E-state index in [0.29, 0.717) is 23.8 Å². The Labute approximate surface area is 143 Å². The molecule has 1 N–H and O–H groups in total. The number of aryl methyl sites for hydroxylation is 2. The van der Waals surface area contributed by atoms with Crippen LogP contribution in [0.1, 0.15) is 46.6 Å². The van der Waals surface area contributed by atoms with Gasteiger partial charge in [0.15, 0.2) is 5.82 Å². The Morgan fingerprint density at radius 3 is 2.92 bits per heavy atom. The monoisotopic (exact) mass is 338 g/mol. The molecule has 4 heterocycles. The van der Waals surface area contributed by atoms with Crippen molar-refractivity contribution in [3.05, 3.63) is 57.7 Å². The van der Waals surface area contributed by atoms with Crippen LogP contribution in [0.4, 0.5) is 0 Å².